The largest absolute Gasteiger partial charge is 0.328 e. The molecule has 30 heavy (non-hydrogen) atoms. The molecular weight excluding hydrogens is 400 g/mol. The fourth-order valence-corrected chi connectivity index (χ4v) is 3.84. The van der Waals surface area contributed by atoms with Crippen molar-refractivity contribution in [1.29, 1.82) is 0 Å². The van der Waals surface area contributed by atoms with Crippen LogP contribution in [0.5, 0.6) is 0 Å². The number of aromatic nitrogens is 5. The molecule has 0 bridgehead atoms. The lowest BCUT2D eigenvalue weighted by Gasteiger charge is -2.22. The molecule has 3 aromatic heterocycles. The van der Waals surface area contributed by atoms with Gasteiger partial charge in [0.15, 0.2) is 0 Å². The first-order chi connectivity index (χ1) is 14.3. The predicted molar refractivity (Wildman–Crippen MR) is 116 cm³/mol. The molecular formula is C22H23ClN6O. The van der Waals surface area contributed by atoms with Crippen molar-refractivity contribution < 1.29 is 4.79 Å². The van der Waals surface area contributed by atoms with Crippen molar-refractivity contribution in [3.8, 4) is 0 Å². The van der Waals surface area contributed by atoms with Crippen molar-refractivity contribution in [2.24, 2.45) is 14.1 Å². The van der Waals surface area contributed by atoms with Gasteiger partial charge < -0.3 is 4.90 Å². The summed E-state index contributed by atoms with van der Waals surface area (Å²) in [5.41, 5.74) is 4.98. The van der Waals surface area contributed by atoms with Crippen molar-refractivity contribution in [2.45, 2.75) is 26.9 Å². The Balaban J connectivity index is 1.72. The Morgan fingerprint density at radius 3 is 2.57 bits per heavy atom. The van der Waals surface area contributed by atoms with Crippen molar-refractivity contribution in [3.63, 3.8) is 0 Å². The number of carbonyl (C=O) groups excluding carboxylic acids is 1. The van der Waals surface area contributed by atoms with Crippen LogP contribution in [0.15, 0.2) is 42.7 Å². The summed E-state index contributed by atoms with van der Waals surface area (Å²) in [4.78, 5) is 19.7. The molecule has 0 saturated heterocycles. The molecule has 0 saturated carbocycles. The van der Waals surface area contributed by atoms with Crippen molar-refractivity contribution in [2.75, 3.05) is 0 Å². The average Bonchev–Trinajstić information content (AvgIpc) is 3.17. The topological polar surface area (TPSA) is 68.8 Å². The number of amides is 1. The molecule has 4 rings (SSSR count). The van der Waals surface area contributed by atoms with Crippen LogP contribution >= 0.6 is 11.6 Å². The molecule has 0 atom stereocenters. The van der Waals surface area contributed by atoms with Gasteiger partial charge in [-0.1, -0.05) is 29.8 Å². The first-order valence-electron chi connectivity index (χ1n) is 9.64. The van der Waals surface area contributed by atoms with E-state index in [1.165, 1.54) is 0 Å². The van der Waals surface area contributed by atoms with Crippen LogP contribution in [0, 0.1) is 13.8 Å². The molecule has 0 radical (unpaired) electrons. The summed E-state index contributed by atoms with van der Waals surface area (Å²) in [7, 11) is 3.71. The minimum Gasteiger partial charge on any atom is -0.328 e. The smallest absolute Gasteiger partial charge is 0.256 e. The minimum absolute atomic E-state index is 0.127. The van der Waals surface area contributed by atoms with Gasteiger partial charge in [0.25, 0.3) is 5.91 Å². The summed E-state index contributed by atoms with van der Waals surface area (Å²) < 4.78 is 3.48. The summed E-state index contributed by atoms with van der Waals surface area (Å²) in [6, 6.07) is 9.62. The van der Waals surface area contributed by atoms with E-state index in [0.29, 0.717) is 29.4 Å². The highest BCUT2D eigenvalue weighted by atomic mass is 35.5. The number of hydrogen-bond donors (Lipinski definition) is 0. The number of fused-ring (bicyclic) bond motifs is 1. The second kappa shape index (κ2) is 7.91. The quantitative estimate of drug-likeness (QED) is 0.490. The third-order valence-electron chi connectivity index (χ3n) is 5.33. The SMILES string of the molecule is Cc1nn(C)c(C)c1CN(Cc1nn(C)cc1Cl)C(=O)c1cnc2ccccc2c1. The third-order valence-corrected chi connectivity index (χ3v) is 5.64. The number of halogens is 1. The number of benzene rings is 1. The van der Waals surface area contributed by atoms with Crippen LogP contribution in [0.25, 0.3) is 10.9 Å². The van der Waals surface area contributed by atoms with Crippen molar-refractivity contribution in [1.82, 2.24) is 29.4 Å². The van der Waals surface area contributed by atoms with E-state index in [1.54, 1.807) is 22.0 Å². The van der Waals surface area contributed by atoms with E-state index in [4.69, 9.17) is 11.6 Å². The highest BCUT2D eigenvalue weighted by Gasteiger charge is 2.23. The molecule has 1 amide bonds. The molecule has 7 nitrogen and oxygen atoms in total. The Labute approximate surface area is 179 Å². The predicted octanol–water partition coefficient (Wildman–Crippen LogP) is 3.81. The van der Waals surface area contributed by atoms with Crippen LogP contribution < -0.4 is 0 Å². The van der Waals surface area contributed by atoms with Gasteiger partial charge in [-0.15, -0.1) is 0 Å². The molecule has 0 aliphatic rings. The van der Waals surface area contributed by atoms with Crippen LogP contribution in [0.1, 0.15) is 33.0 Å². The summed E-state index contributed by atoms with van der Waals surface area (Å²) in [5, 5.41) is 10.4. The van der Waals surface area contributed by atoms with E-state index >= 15 is 0 Å². The number of hydrogen-bond acceptors (Lipinski definition) is 4. The van der Waals surface area contributed by atoms with Crippen LogP contribution in [-0.2, 0) is 27.2 Å². The molecule has 4 aromatic rings. The van der Waals surface area contributed by atoms with Crippen LogP contribution in [0.2, 0.25) is 5.02 Å². The highest BCUT2D eigenvalue weighted by molar-refractivity contribution is 6.31. The average molecular weight is 423 g/mol. The molecule has 0 unspecified atom stereocenters. The maximum atomic E-state index is 13.5. The molecule has 0 N–H and O–H groups in total. The van der Waals surface area contributed by atoms with Crippen LogP contribution in [0.4, 0.5) is 0 Å². The Morgan fingerprint density at radius 2 is 1.90 bits per heavy atom. The van der Waals surface area contributed by atoms with Gasteiger partial charge in [0, 0.05) is 43.1 Å². The van der Waals surface area contributed by atoms with Gasteiger partial charge in [-0.3, -0.25) is 19.1 Å². The second-order valence-electron chi connectivity index (χ2n) is 7.45. The second-order valence-corrected chi connectivity index (χ2v) is 7.86. The summed E-state index contributed by atoms with van der Waals surface area (Å²) in [6.07, 6.45) is 3.36. The molecule has 0 aliphatic heterocycles. The lowest BCUT2D eigenvalue weighted by molar-refractivity contribution is 0.0727. The molecule has 0 aliphatic carbocycles. The summed E-state index contributed by atoms with van der Waals surface area (Å²) in [5.74, 6) is -0.127. The van der Waals surface area contributed by atoms with Crippen LogP contribution in [-0.4, -0.2) is 35.4 Å². The highest BCUT2D eigenvalue weighted by Crippen LogP contribution is 2.22. The summed E-state index contributed by atoms with van der Waals surface area (Å²) in [6.45, 7) is 4.66. The normalized spacial score (nSPS) is 11.2. The number of para-hydroxylation sites is 1. The Morgan fingerprint density at radius 1 is 1.13 bits per heavy atom. The first-order valence-corrected chi connectivity index (χ1v) is 10.0. The van der Waals surface area contributed by atoms with Gasteiger partial charge in [0.1, 0.15) is 5.69 Å². The zero-order chi connectivity index (χ0) is 21.4. The number of aryl methyl sites for hydroxylation is 3. The Bertz CT molecular complexity index is 1240. The monoisotopic (exact) mass is 422 g/mol. The molecule has 3 heterocycles. The van der Waals surface area contributed by atoms with Crippen molar-refractivity contribution in [3.05, 3.63) is 76.0 Å². The first kappa shape index (κ1) is 20.1. The number of pyridine rings is 1. The molecule has 0 spiro atoms. The van der Waals surface area contributed by atoms with Gasteiger partial charge in [0.2, 0.25) is 0 Å². The standard InChI is InChI=1S/C22H23ClN6O/c1-14-18(15(2)28(4)25-14)11-29(13-21-19(23)12-27(3)26-21)22(30)17-9-16-7-5-6-8-20(16)24-10-17/h5-10,12H,11,13H2,1-4H3. The number of nitrogens with zero attached hydrogens (tertiary/aromatic N) is 6. The van der Waals surface area contributed by atoms with Gasteiger partial charge in [-0.2, -0.15) is 10.2 Å². The van der Waals surface area contributed by atoms with Gasteiger partial charge in [0.05, 0.1) is 34.9 Å². The van der Waals surface area contributed by atoms with E-state index in [9.17, 15) is 4.79 Å². The maximum absolute atomic E-state index is 13.5. The molecule has 1 aromatic carbocycles. The maximum Gasteiger partial charge on any atom is 0.256 e. The zero-order valence-corrected chi connectivity index (χ0v) is 18.2. The van der Waals surface area contributed by atoms with E-state index < -0.39 is 0 Å². The van der Waals surface area contributed by atoms with Crippen molar-refractivity contribution >= 4 is 28.4 Å². The Kier molecular flexibility index (Phi) is 5.30. The fourth-order valence-electron chi connectivity index (χ4n) is 3.60. The zero-order valence-electron chi connectivity index (χ0n) is 17.4. The number of rotatable bonds is 5. The lowest BCUT2D eigenvalue weighted by Crippen LogP contribution is -2.31. The number of carbonyl (C=O) groups is 1. The van der Waals surface area contributed by atoms with E-state index in [1.807, 2.05) is 63.0 Å². The van der Waals surface area contributed by atoms with Gasteiger partial charge >= 0.3 is 0 Å². The Hall–Kier alpha value is -3.19. The van der Waals surface area contributed by atoms with E-state index in [0.717, 1.165) is 27.9 Å². The van der Waals surface area contributed by atoms with E-state index in [-0.39, 0.29) is 5.91 Å². The van der Waals surface area contributed by atoms with Crippen LogP contribution in [0.3, 0.4) is 0 Å². The molecule has 8 heteroatoms. The molecule has 0 fully saturated rings. The van der Waals surface area contributed by atoms with E-state index in [2.05, 4.69) is 15.2 Å². The summed E-state index contributed by atoms with van der Waals surface area (Å²) >= 11 is 6.34. The lowest BCUT2D eigenvalue weighted by atomic mass is 10.1. The third kappa shape index (κ3) is 3.80. The minimum atomic E-state index is -0.127. The fraction of sp³-hybridized carbons (Fsp3) is 0.273. The van der Waals surface area contributed by atoms with Gasteiger partial charge in [-0.25, -0.2) is 0 Å². The van der Waals surface area contributed by atoms with Gasteiger partial charge in [-0.05, 0) is 26.0 Å². The molecule has 154 valence electrons.